The fourth-order valence-corrected chi connectivity index (χ4v) is 4.61. The van der Waals surface area contributed by atoms with Gasteiger partial charge in [0.05, 0.1) is 22.3 Å². The van der Waals surface area contributed by atoms with Crippen molar-refractivity contribution in [1.29, 1.82) is 0 Å². The molecule has 0 aliphatic heterocycles. The zero-order valence-corrected chi connectivity index (χ0v) is 20.7. The molecule has 0 saturated heterocycles. The van der Waals surface area contributed by atoms with Crippen molar-refractivity contribution in [2.45, 2.75) is 16.0 Å². The van der Waals surface area contributed by atoms with Crippen molar-refractivity contribution in [3.63, 3.8) is 0 Å². The van der Waals surface area contributed by atoms with E-state index in [9.17, 15) is 26.4 Å². The summed E-state index contributed by atoms with van der Waals surface area (Å²) >= 11 is 1.29. The van der Waals surface area contributed by atoms with Gasteiger partial charge in [-0.3, -0.25) is 5.10 Å². The first-order valence-corrected chi connectivity index (χ1v) is 12.9. The van der Waals surface area contributed by atoms with Crippen LogP contribution in [0.4, 0.5) is 36.2 Å². The molecule has 0 atom stereocenters. The Labute approximate surface area is 212 Å². The van der Waals surface area contributed by atoms with Gasteiger partial charge in [0.2, 0.25) is 0 Å². The summed E-state index contributed by atoms with van der Waals surface area (Å²) < 4.78 is 62.8. The minimum Gasteiger partial charge on any atom is -0.345 e. The summed E-state index contributed by atoms with van der Waals surface area (Å²) in [4.78, 5) is 23.6. The normalized spacial score (nSPS) is 12.1. The Kier molecular flexibility index (Phi) is 7.24. The molecule has 16 heteroatoms. The van der Waals surface area contributed by atoms with E-state index in [1.165, 1.54) is 36.3 Å². The average molecular weight is 554 g/mol. The second-order valence-corrected chi connectivity index (χ2v) is 10.1. The number of fused-ring (bicyclic) bond motifs is 1. The lowest BCUT2D eigenvalue weighted by Crippen LogP contribution is -2.36. The van der Waals surface area contributed by atoms with Gasteiger partial charge in [0.1, 0.15) is 18.0 Å². The highest BCUT2D eigenvalue weighted by molar-refractivity contribution is 7.98. The molecule has 0 bridgehead atoms. The zero-order valence-electron chi connectivity index (χ0n) is 19.1. The Hall–Kier alpha value is -3.89. The molecule has 0 radical (unpaired) electrons. The van der Waals surface area contributed by atoms with Gasteiger partial charge in [-0.2, -0.15) is 18.3 Å². The SMILES string of the molecule is CSc1ccc(S(=O)(=O)N(C)OC(=O)C(F)(F)F)cc1Nc1cc(Nc2ccc3cn[nH]c3c2)ncn1. The highest BCUT2D eigenvalue weighted by Gasteiger charge is 2.43. The molecule has 4 rings (SSSR count). The molecule has 194 valence electrons. The van der Waals surface area contributed by atoms with Crippen LogP contribution in [0.2, 0.25) is 0 Å². The maximum Gasteiger partial charge on any atom is 0.492 e. The third-order valence-electron chi connectivity index (χ3n) is 4.89. The van der Waals surface area contributed by atoms with Gasteiger partial charge in [-0.15, -0.1) is 11.8 Å². The first-order chi connectivity index (χ1) is 17.5. The average Bonchev–Trinajstić information content (AvgIpc) is 3.31. The van der Waals surface area contributed by atoms with E-state index in [-0.39, 0.29) is 4.47 Å². The van der Waals surface area contributed by atoms with Gasteiger partial charge >= 0.3 is 12.1 Å². The van der Waals surface area contributed by atoms with Crippen LogP contribution >= 0.6 is 11.8 Å². The quantitative estimate of drug-likeness (QED) is 0.215. The number of thioether (sulfide) groups is 1. The van der Waals surface area contributed by atoms with Crippen LogP contribution in [-0.2, 0) is 19.7 Å². The number of alkyl halides is 3. The van der Waals surface area contributed by atoms with E-state index in [2.05, 4.69) is 35.6 Å². The number of anilines is 4. The van der Waals surface area contributed by atoms with Crippen molar-refractivity contribution in [3.8, 4) is 0 Å². The fraction of sp³-hybridized carbons (Fsp3) is 0.143. The summed E-state index contributed by atoms with van der Waals surface area (Å²) in [6.07, 6.45) is -0.614. The Morgan fingerprint density at radius 1 is 1.08 bits per heavy atom. The van der Waals surface area contributed by atoms with Gasteiger partial charge in [0.15, 0.2) is 0 Å². The molecule has 11 nitrogen and oxygen atoms in total. The molecule has 2 aromatic heterocycles. The van der Waals surface area contributed by atoms with Crippen LogP contribution in [0.25, 0.3) is 10.9 Å². The number of carbonyl (C=O) groups excluding carboxylic acids is 1. The van der Waals surface area contributed by atoms with Gasteiger partial charge in [0, 0.05) is 29.1 Å². The first-order valence-electron chi connectivity index (χ1n) is 10.2. The molecule has 0 aliphatic rings. The van der Waals surface area contributed by atoms with Crippen LogP contribution in [0, 0.1) is 0 Å². The number of H-pyrrole nitrogens is 1. The molecule has 3 N–H and O–H groups in total. The lowest BCUT2D eigenvalue weighted by Gasteiger charge is -2.18. The molecule has 0 spiro atoms. The molecule has 0 amide bonds. The Bertz CT molecular complexity index is 1560. The summed E-state index contributed by atoms with van der Waals surface area (Å²) in [5.41, 5.74) is 1.86. The van der Waals surface area contributed by atoms with Crippen LogP contribution in [0.5, 0.6) is 0 Å². The van der Waals surface area contributed by atoms with E-state index in [1.54, 1.807) is 18.5 Å². The van der Waals surface area contributed by atoms with E-state index in [4.69, 9.17) is 0 Å². The second-order valence-electron chi connectivity index (χ2n) is 7.36. The number of halogens is 3. The van der Waals surface area contributed by atoms with Crippen LogP contribution in [-0.4, -0.2) is 58.5 Å². The number of benzene rings is 2. The zero-order chi connectivity index (χ0) is 26.8. The standard InChI is InChI=1S/C21H18F3N7O4S2/c1-31(35-20(32)21(22,23)24)37(33,34)14-5-6-17(36-2)16(8-14)29-19-9-18(25-11-26-19)28-13-4-3-12-10-27-30-15(12)7-13/h3-11H,1-2H3,(H,27,30)(H2,25,26,28,29). The number of nitrogens with zero attached hydrogens (tertiary/aromatic N) is 4. The largest absolute Gasteiger partial charge is 0.492 e. The van der Waals surface area contributed by atoms with E-state index >= 15 is 0 Å². The molecule has 2 heterocycles. The third kappa shape index (κ3) is 5.92. The Morgan fingerprint density at radius 3 is 2.51 bits per heavy atom. The van der Waals surface area contributed by atoms with Gasteiger partial charge in [0.25, 0.3) is 10.0 Å². The van der Waals surface area contributed by atoms with Crippen LogP contribution in [0.15, 0.2) is 64.8 Å². The van der Waals surface area contributed by atoms with Crippen molar-refractivity contribution in [2.24, 2.45) is 0 Å². The number of nitrogens with one attached hydrogen (secondary N) is 3. The molecule has 4 aromatic rings. The molecular weight excluding hydrogens is 535 g/mol. The Balaban J connectivity index is 1.57. The summed E-state index contributed by atoms with van der Waals surface area (Å²) in [7, 11) is -3.92. The number of hydroxylamine groups is 1. The van der Waals surface area contributed by atoms with E-state index < -0.39 is 27.1 Å². The van der Waals surface area contributed by atoms with Crippen LogP contribution in [0.3, 0.4) is 0 Å². The number of carbonyl (C=O) groups is 1. The van der Waals surface area contributed by atoms with E-state index in [0.717, 1.165) is 16.6 Å². The summed E-state index contributed by atoms with van der Waals surface area (Å²) in [5, 5.41) is 13.9. The number of aromatic amines is 1. The number of sulfonamides is 1. The predicted molar refractivity (Wildman–Crippen MR) is 130 cm³/mol. The lowest BCUT2D eigenvalue weighted by molar-refractivity contribution is -0.219. The lowest BCUT2D eigenvalue weighted by atomic mass is 10.2. The molecule has 0 fully saturated rings. The van der Waals surface area contributed by atoms with Gasteiger partial charge in [-0.25, -0.2) is 23.2 Å². The van der Waals surface area contributed by atoms with Crippen molar-refractivity contribution >= 4 is 61.7 Å². The molecule has 0 unspecified atom stereocenters. The van der Waals surface area contributed by atoms with Crippen LogP contribution in [0.1, 0.15) is 0 Å². The maximum absolute atomic E-state index is 12.7. The van der Waals surface area contributed by atoms with Gasteiger partial charge in [-0.1, -0.05) is 0 Å². The molecule has 2 aromatic carbocycles. The monoisotopic (exact) mass is 553 g/mol. The third-order valence-corrected chi connectivity index (χ3v) is 7.29. The maximum atomic E-state index is 12.7. The number of aromatic nitrogens is 4. The minimum absolute atomic E-state index is 0.135. The van der Waals surface area contributed by atoms with Crippen molar-refractivity contribution < 1.29 is 31.2 Å². The second kappa shape index (κ2) is 10.2. The van der Waals surface area contributed by atoms with E-state index in [0.29, 0.717) is 29.3 Å². The van der Waals surface area contributed by atoms with Crippen LogP contribution < -0.4 is 10.6 Å². The number of hydrogen-bond acceptors (Lipinski definition) is 10. The summed E-state index contributed by atoms with van der Waals surface area (Å²) in [6.45, 7) is 0. The highest BCUT2D eigenvalue weighted by Crippen LogP contribution is 2.32. The number of hydrogen-bond donors (Lipinski definition) is 3. The summed E-state index contributed by atoms with van der Waals surface area (Å²) in [5.74, 6) is -1.92. The molecular formula is C21H18F3N7O4S2. The molecule has 0 saturated carbocycles. The van der Waals surface area contributed by atoms with Crippen molar-refractivity contribution in [3.05, 3.63) is 55.0 Å². The smallest absolute Gasteiger partial charge is 0.345 e. The Morgan fingerprint density at radius 2 is 1.81 bits per heavy atom. The number of rotatable bonds is 8. The fourth-order valence-electron chi connectivity index (χ4n) is 3.11. The van der Waals surface area contributed by atoms with Crippen molar-refractivity contribution in [2.75, 3.05) is 23.9 Å². The van der Waals surface area contributed by atoms with Gasteiger partial charge < -0.3 is 15.5 Å². The minimum atomic E-state index is -5.36. The highest BCUT2D eigenvalue weighted by atomic mass is 32.2. The first kappa shape index (κ1) is 26.2. The van der Waals surface area contributed by atoms with Gasteiger partial charge in [-0.05, 0) is 47.1 Å². The molecule has 37 heavy (non-hydrogen) atoms. The predicted octanol–water partition coefficient (Wildman–Crippen LogP) is 4.20. The summed E-state index contributed by atoms with van der Waals surface area (Å²) in [6, 6.07) is 11.0. The topological polar surface area (TPSA) is 142 Å². The molecule has 0 aliphatic carbocycles. The van der Waals surface area contributed by atoms with E-state index in [1.807, 2.05) is 18.2 Å². The van der Waals surface area contributed by atoms with Crippen molar-refractivity contribution in [1.82, 2.24) is 24.6 Å².